The van der Waals surface area contributed by atoms with Crippen LogP contribution in [0.2, 0.25) is 0 Å². The highest BCUT2D eigenvalue weighted by atomic mass is 16.3. The molecule has 0 spiro atoms. The lowest BCUT2D eigenvalue weighted by Gasteiger charge is -2.23. The second kappa shape index (κ2) is 13.5. The van der Waals surface area contributed by atoms with Crippen LogP contribution in [0.15, 0.2) is 173 Å². The van der Waals surface area contributed by atoms with Gasteiger partial charge in [0.05, 0.1) is 11.0 Å². The van der Waals surface area contributed by atoms with Gasteiger partial charge in [0, 0.05) is 39.2 Å². The molecule has 9 aromatic rings. The van der Waals surface area contributed by atoms with E-state index in [9.17, 15) is 0 Å². The predicted molar refractivity (Wildman–Crippen MR) is 234 cm³/mol. The molecule has 7 aromatic carbocycles. The van der Waals surface area contributed by atoms with Crippen LogP contribution < -0.4 is 0 Å². The van der Waals surface area contributed by atoms with Gasteiger partial charge in [-0.2, -0.15) is 0 Å². The minimum atomic E-state index is 0.908. The fraction of sp³-hybridized carbons (Fsp3) is 0.132. The Morgan fingerprint density at radius 3 is 1.85 bits per heavy atom. The first kappa shape index (κ1) is 33.2. The van der Waals surface area contributed by atoms with Gasteiger partial charge in [0.25, 0.3) is 0 Å². The largest absolute Gasteiger partial charge is 0.458 e. The van der Waals surface area contributed by atoms with E-state index < -0.39 is 0 Å². The molecule has 2 aliphatic rings. The first-order valence-corrected chi connectivity index (χ1v) is 19.6. The van der Waals surface area contributed by atoms with Crippen molar-refractivity contribution in [3.05, 3.63) is 196 Å². The van der Waals surface area contributed by atoms with E-state index in [4.69, 9.17) is 4.42 Å². The fourth-order valence-corrected chi connectivity index (χ4v) is 9.23. The van der Waals surface area contributed by atoms with Gasteiger partial charge in [0.2, 0.25) is 0 Å². The van der Waals surface area contributed by atoms with Crippen LogP contribution in [0.4, 0.5) is 0 Å². The number of rotatable bonds is 3. The minimum Gasteiger partial charge on any atom is -0.458 e. The minimum absolute atomic E-state index is 0.908. The third kappa shape index (κ3) is 5.55. The zero-order valence-corrected chi connectivity index (χ0v) is 31.7. The number of aromatic nitrogens is 1. The standard InChI is InChI=1S/C46H35NO.C7H8/c1-28-12-6-8-16-34(28)35-23-21-31(26-29(35)2)32-22-25-41-40(27-32)43-38-19-11-10-18-37(38)42-39-24-20-30-13-7-9-17-36(30)44(39)47(45(42)46(43)48-41)33-14-4-3-5-15-33;1-7-5-3-2-4-6-7/h3-20,24,26-27H,21-23,25H2,1-2H3;2-6H,1H3. The topological polar surface area (TPSA) is 18.1 Å². The van der Waals surface area contributed by atoms with E-state index in [-0.39, 0.29) is 0 Å². The molecular formula is C53H43NO. The Morgan fingerprint density at radius 1 is 0.491 bits per heavy atom. The molecule has 0 saturated heterocycles. The third-order valence-electron chi connectivity index (χ3n) is 11.8. The van der Waals surface area contributed by atoms with E-state index in [1.807, 2.05) is 18.2 Å². The van der Waals surface area contributed by atoms with Crippen molar-refractivity contribution in [2.75, 3.05) is 0 Å². The van der Waals surface area contributed by atoms with Gasteiger partial charge in [-0.1, -0.05) is 145 Å². The number of furan rings is 1. The number of aryl methyl sites for hydroxylation is 3. The summed E-state index contributed by atoms with van der Waals surface area (Å²) in [5.41, 5.74) is 15.7. The smallest absolute Gasteiger partial charge is 0.160 e. The molecule has 0 saturated carbocycles. The maximum Gasteiger partial charge on any atom is 0.160 e. The van der Waals surface area contributed by atoms with Gasteiger partial charge in [0.15, 0.2) is 5.58 Å². The van der Waals surface area contributed by atoms with Crippen LogP contribution >= 0.6 is 0 Å². The molecule has 266 valence electrons. The summed E-state index contributed by atoms with van der Waals surface area (Å²) in [5.74, 6) is 1.10. The van der Waals surface area contributed by atoms with Gasteiger partial charge in [-0.15, -0.1) is 0 Å². The molecule has 0 radical (unpaired) electrons. The average molecular weight is 710 g/mol. The Labute approximate surface area is 322 Å². The second-order valence-electron chi connectivity index (χ2n) is 15.2. The van der Waals surface area contributed by atoms with Crippen molar-refractivity contribution < 1.29 is 4.42 Å². The fourth-order valence-electron chi connectivity index (χ4n) is 9.23. The first-order chi connectivity index (χ1) is 27.0. The summed E-state index contributed by atoms with van der Waals surface area (Å²) in [5, 5.41) is 8.79. The van der Waals surface area contributed by atoms with Crippen LogP contribution in [0.5, 0.6) is 0 Å². The molecule has 2 nitrogen and oxygen atoms in total. The Hall–Kier alpha value is -6.38. The van der Waals surface area contributed by atoms with Crippen LogP contribution in [0, 0.1) is 13.8 Å². The molecule has 55 heavy (non-hydrogen) atoms. The summed E-state index contributed by atoms with van der Waals surface area (Å²) in [4.78, 5) is 0. The highest BCUT2D eigenvalue weighted by Crippen LogP contribution is 2.48. The Kier molecular flexibility index (Phi) is 8.14. The van der Waals surface area contributed by atoms with Gasteiger partial charge in [-0.3, -0.25) is 0 Å². The monoisotopic (exact) mass is 709 g/mol. The molecule has 0 atom stereocenters. The average Bonchev–Trinajstić information content (AvgIpc) is 3.79. The number of hydrogen-bond acceptors (Lipinski definition) is 1. The molecule has 0 fully saturated rings. The van der Waals surface area contributed by atoms with Crippen molar-refractivity contribution in [3.8, 4) is 5.69 Å². The number of para-hydroxylation sites is 1. The zero-order chi connectivity index (χ0) is 37.0. The van der Waals surface area contributed by atoms with Crippen molar-refractivity contribution in [2.24, 2.45) is 0 Å². The number of fused-ring (bicyclic) bond motifs is 12. The number of nitrogens with zero attached hydrogens (tertiary/aromatic N) is 1. The van der Waals surface area contributed by atoms with Crippen LogP contribution in [-0.2, 0) is 6.42 Å². The Bertz CT molecular complexity index is 3040. The molecule has 0 amide bonds. The van der Waals surface area contributed by atoms with Crippen molar-refractivity contribution >= 4 is 66.0 Å². The summed E-state index contributed by atoms with van der Waals surface area (Å²) in [6.45, 7) is 6.60. The summed E-state index contributed by atoms with van der Waals surface area (Å²) in [6.07, 6.45) is 8.97. The SMILES string of the molecule is CC1=C(c2ccccc2C)CCC(C2=Cc3c(oc4c3c3ccccc3c3c5ccc6ccccc6c5n(-c5ccccc5)c43)CC2)=C1.Cc1ccccc1. The summed E-state index contributed by atoms with van der Waals surface area (Å²) >= 11 is 0. The van der Waals surface area contributed by atoms with Crippen LogP contribution in [0.25, 0.3) is 71.7 Å². The maximum atomic E-state index is 7.07. The van der Waals surface area contributed by atoms with E-state index in [1.54, 1.807) is 0 Å². The molecule has 0 bridgehead atoms. The highest BCUT2D eigenvalue weighted by molar-refractivity contribution is 6.34. The molecule has 11 rings (SSSR count). The van der Waals surface area contributed by atoms with E-state index in [0.717, 1.165) is 48.2 Å². The van der Waals surface area contributed by atoms with Gasteiger partial charge in [-0.25, -0.2) is 0 Å². The van der Waals surface area contributed by atoms with Crippen LogP contribution in [0.1, 0.15) is 54.2 Å². The number of hydrogen-bond donors (Lipinski definition) is 0. The zero-order valence-electron chi connectivity index (χ0n) is 31.7. The van der Waals surface area contributed by atoms with E-state index >= 15 is 0 Å². The van der Waals surface area contributed by atoms with E-state index in [2.05, 4.69) is 165 Å². The lowest BCUT2D eigenvalue weighted by atomic mass is 9.81. The summed E-state index contributed by atoms with van der Waals surface area (Å²) < 4.78 is 9.53. The normalized spacial score (nSPS) is 14.3. The third-order valence-corrected chi connectivity index (χ3v) is 11.8. The van der Waals surface area contributed by atoms with Crippen LogP contribution in [0.3, 0.4) is 0 Å². The van der Waals surface area contributed by atoms with E-state index in [1.165, 1.54) is 87.8 Å². The van der Waals surface area contributed by atoms with Crippen molar-refractivity contribution in [2.45, 2.75) is 46.5 Å². The van der Waals surface area contributed by atoms with Crippen molar-refractivity contribution in [1.29, 1.82) is 0 Å². The molecule has 2 aliphatic carbocycles. The van der Waals surface area contributed by atoms with Crippen molar-refractivity contribution in [1.82, 2.24) is 4.57 Å². The molecule has 0 unspecified atom stereocenters. The Balaban J connectivity index is 0.000000482. The quantitative estimate of drug-likeness (QED) is 0.179. The lowest BCUT2D eigenvalue weighted by molar-refractivity contribution is 0.545. The summed E-state index contributed by atoms with van der Waals surface area (Å²) in [6, 6.07) is 52.2. The molecule has 0 aliphatic heterocycles. The van der Waals surface area contributed by atoms with Gasteiger partial charge in [0.1, 0.15) is 5.76 Å². The Morgan fingerprint density at radius 2 is 1.13 bits per heavy atom. The van der Waals surface area contributed by atoms with E-state index in [0.29, 0.717) is 0 Å². The number of allylic oxidation sites excluding steroid dienone is 5. The lowest BCUT2D eigenvalue weighted by Crippen LogP contribution is -2.04. The van der Waals surface area contributed by atoms with Gasteiger partial charge >= 0.3 is 0 Å². The van der Waals surface area contributed by atoms with Gasteiger partial charge in [-0.05, 0) is 108 Å². The molecular weight excluding hydrogens is 667 g/mol. The number of benzene rings is 7. The molecule has 0 N–H and O–H groups in total. The van der Waals surface area contributed by atoms with Gasteiger partial charge < -0.3 is 8.98 Å². The molecule has 2 heterocycles. The molecule has 2 aromatic heterocycles. The highest BCUT2D eigenvalue weighted by Gasteiger charge is 2.28. The second-order valence-corrected chi connectivity index (χ2v) is 15.2. The van der Waals surface area contributed by atoms with Crippen LogP contribution in [-0.4, -0.2) is 4.57 Å². The van der Waals surface area contributed by atoms with Crippen molar-refractivity contribution in [3.63, 3.8) is 0 Å². The summed E-state index contributed by atoms with van der Waals surface area (Å²) in [7, 11) is 0. The predicted octanol–water partition coefficient (Wildman–Crippen LogP) is 14.7. The maximum absolute atomic E-state index is 7.07. The first-order valence-electron chi connectivity index (χ1n) is 19.6. The molecule has 2 heteroatoms.